The van der Waals surface area contributed by atoms with Crippen molar-refractivity contribution in [1.82, 2.24) is 4.98 Å². The number of benzene rings is 2. The number of ether oxygens (including phenoxy) is 1. The number of pyridine rings is 1. The maximum absolute atomic E-state index is 12.7. The van der Waals surface area contributed by atoms with E-state index in [1.807, 2.05) is 4.98 Å². The van der Waals surface area contributed by atoms with Crippen molar-refractivity contribution in [2.45, 2.75) is 6.18 Å². The number of amides is 1. The lowest BCUT2D eigenvalue weighted by molar-refractivity contribution is -0.137. The third-order valence-corrected chi connectivity index (χ3v) is 4.35. The number of aromatic nitrogens is 1. The van der Waals surface area contributed by atoms with Crippen LogP contribution in [0.1, 0.15) is 21.5 Å². The van der Waals surface area contributed by atoms with Gasteiger partial charge in [0.2, 0.25) is 0 Å². The van der Waals surface area contributed by atoms with Gasteiger partial charge in [-0.25, -0.2) is 0 Å². The fraction of sp³-hybridized carbons (Fsp3) is 0.0952. The molecule has 0 saturated carbocycles. The number of ketones is 1. The average molecular weight is 451 g/mol. The second kappa shape index (κ2) is 9.05. The Kier molecular flexibility index (Phi) is 6.45. The Balaban J connectivity index is 1.60. The third-order valence-electron chi connectivity index (χ3n) is 4.10. The summed E-state index contributed by atoms with van der Waals surface area (Å²) in [6, 6.07) is 12.9. The zero-order valence-electron chi connectivity index (χ0n) is 15.6. The summed E-state index contributed by atoms with van der Waals surface area (Å²) < 4.78 is 43.5. The predicted molar refractivity (Wildman–Crippen MR) is 108 cm³/mol. The Morgan fingerprint density at radius 2 is 1.58 bits per heavy atom. The summed E-state index contributed by atoms with van der Waals surface area (Å²) in [5.41, 5.74) is -1.71. The molecule has 31 heavy (non-hydrogen) atoms. The Labute approximate surface area is 178 Å². The lowest BCUT2D eigenvalue weighted by atomic mass is 10.0. The van der Waals surface area contributed by atoms with E-state index in [4.69, 9.17) is 16.3 Å². The average Bonchev–Trinajstić information content (AvgIpc) is 2.73. The van der Waals surface area contributed by atoms with Crippen molar-refractivity contribution in [3.8, 4) is 5.75 Å². The first kappa shape index (κ1) is 22.1. The van der Waals surface area contributed by atoms with Gasteiger partial charge in [-0.05, 0) is 54.6 Å². The van der Waals surface area contributed by atoms with Crippen LogP contribution in [0.5, 0.6) is 5.75 Å². The molecule has 0 atom stereocenters. The number of alkyl halides is 3. The van der Waals surface area contributed by atoms with E-state index < -0.39 is 35.5 Å². The van der Waals surface area contributed by atoms with Crippen LogP contribution in [0, 0.1) is 0 Å². The molecule has 6 nitrogen and oxygen atoms in total. The standard InChI is InChI=1S/C21H14ClF3N2O4/c22-15-5-1-12(2-6-15)19(29)13-3-7-16(8-4-13)31-11-18(28)27-17-9-14(21(23,24)25)10-26-20(17)30/h1-10H,11H2,(H,26,30)(H,27,28). The minimum Gasteiger partial charge on any atom is -0.484 e. The van der Waals surface area contributed by atoms with Gasteiger partial charge in [0, 0.05) is 22.3 Å². The van der Waals surface area contributed by atoms with E-state index in [9.17, 15) is 27.6 Å². The zero-order chi connectivity index (χ0) is 22.6. The minimum absolute atomic E-state index is 0.232. The van der Waals surface area contributed by atoms with Crippen molar-refractivity contribution in [2.75, 3.05) is 11.9 Å². The molecular weight excluding hydrogens is 437 g/mol. The number of anilines is 1. The molecule has 2 aromatic carbocycles. The van der Waals surface area contributed by atoms with Crippen molar-refractivity contribution in [2.24, 2.45) is 0 Å². The summed E-state index contributed by atoms with van der Waals surface area (Å²) in [6.45, 7) is -0.555. The van der Waals surface area contributed by atoms with Crippen LogP contribution in [0.25, 0.3) is 0 Å². The van der Waals surface area contributed by atoms with Crippen molar-refractivity contribution < 1.29 is 27.5 Å². The lowest BCUT2D eigenvalue weighted by Crippen LogP contribution is -2.25. The van der Waals surface area contributed by atoms with Gasteiger partial charge < -0.3 is 15.0 Å². The SMILES string of the molecule is O=C(COc1ccc(C(=O)c2ccc(Cl)cc2)cc1)Nc1cc(C(F)(F)F)c[nH]c1=O. The molecule has 0 fully saturated rings. The van der Waals surface area contributed by atoms with E-state index in [2.05, 4.69) is 5.32 Å². The summed E-state index contributed by atoms with van der Waals surface area (Å²) in [7, 11) is 0. The van der Waals surface area contributed by atoms with Crippen LogP contribution in [-0.4, -0.2) is 23.3 Å². The molecule has 0 aliphatic heterocycles. The quantitative estimate of drug-likeness (QED) is 0.548. The second-order valence-corrected chi connectivity index (χ2v) is 6.76. The summed E-state index contributed by atoms with van der Waals surface area (Å²) >= 11 is 5.80. The largest absolute Gasteiger partial charge is 0.484 e. The first-order chi connectivity index (χ1) is 14.6. The summed E-state index contributed by atoms with van der Waals surface area (Å²) in [6.07, 6.45) is -4.16. The topological polar surface area (TPSA) is 88.3 Å². The lowest BCUT2D eigenvalue weighted by Gasteiger charge is -2.10. The molecule has 0 unspecified atom stereocenters. The molecule has 0 bridgehead atoms. The normalized spacial score (nSPS) is 11.1. The van der Waals surface area contributed by atoms with Gasteiger partial charge in [0.05, 0.1) is 5.56 Å². The molecule has 160 valence electrons. The molecule has 0 saturated heterocycles. The number of hydrogen-bond donors (Lipinski definition) is 2. The molecule has 2 N–H and O–H groups in total. The van der Waals surface area contributed by atoms with Crippen molar-refractivity contribution >= 4 is 29.0 Å². The zero-order valence-corrected chi connectivity index (χ0v) is 16.4. The number of carbonyl (C=O) groups excluding carboxylic acids is 2. The highest BCUT2D eigenvalue weighted by Gasteiger charge is 2.31. The third kappa shape index (κ3) is 5.73. The van der Waals surface area contributed by atoms with Gasteiger partial charge >= 0.3 is 6.18 Å². The second-order valence-electron chi connectivity index (χ2n) is 6.33. The fourth-order valence-corrected chi connectivity index (χ4v) is 2.67. The first-order valence-electron chi connectivity index (χ1n) is 8.76. The highest BCUT2D eigenvalue weighted by atomic mass is 35.5. The molecule has 10 heteroatoms. The number of hydrogen-bond acceptors (Lipinski definition) is 4. The van der Waals surface area contributed by atoms with E-state index in [-0.39, 0.29) is 11.5 Å². The van der Waals surface area contributed by atoms with E-state index in [0.29, 0.717) is 28.4 Å². The highest BCUT2D eigenvalue weighted by Crippen LogP contribution is 2.29. The molecule has 1 amide bonds. The fourth-order valence-electron chi connectivity index (χ4n) is 2.55. The summed E-state index contributed by atoms with van der Waals surface area (Å²) in [5.74, 6) is -0.809. The number of H-pyrrole nitrogens is 1. The number of rotatable bonds is 6. The van der Waals surface area contributed by atoms with Crippen LogP contribution in [0.15, 0.2) is 65.6 Å². The maximum Gasteiger partial charge on any atom is 0.417 e. The number of aromatic amines is 1. The van der Waals surface area contributed by atoms with Gasteiger partial charge in [-0.3, -0.25) is 14.4 Å². The maximum atomic E-state index is 12.7. The smallest absolute Gasteiger partial charge is 0.417 e. The molecular formula is C21H14ClF3N2O4. The molecule has 0 aliphatic carbocycles. The Bertz CT molecular complexity index is 1160. The number of nitrogens with one attached hydrogen (secondary N) is 2. The molecule has 0 aliphatic rings. The van der Waals surface area contributed by atoms with Gasteiger partial charge in [0.1, 0.15) is 11.4 Å². The van der Waals surface area contributed by atoms with Crippen LogP contribution in [0.4, 0.5) is 18.9 Å². The van der Waals surface area contributed by atoms with Crippen LogP contribution in [0.2, 0.25) is 5.02 Å². The van der Waals surface area contributed by atoms with Crippen molar-refractivity contribution in [3.05, 3.63) is 92.9 Å². The summed E-state index contributed by atoms with van der Waals surface area (Å²) in [5, 5.41) is 2.58. The highest BCUT2D eigenvalue weighted by molar-refractivity contribution is 6.30. The van der Waals surface area contributed by atoms with Gasteiger partial charge in [-0.15, -0.1) is 0 Å². The van der Waals surface area contributed by atoms with Crippen LogP contribution >= 0.6 is 11.6 Å². The van der Waals surface area contributed by atoms with Gasteiger partial charge in [-0.1, -0.05) is 11.6 Å². The van der Waals surface area contributed by atoms with Crippen LogP contribution in [-0.2, 0) is 11.0 Å². The molecule has 0 radical (unpaired) electrons. The molecule has 0 spiro atoms. The summed E-state index contributed by atoms with van der Waals surface area (Å²) in [4.78, 5) is 37.9. The molecule has 1 heterocycles. The molecule has 3 aromatic rings. The predicted octanol–water partition coefficient (Wildman–Crippen LogP) is 4.30. The number of halogens is 4. The minimum atomic E-state index is -4.68. The van der Waals surface area contributed by atoms with E-state index >= 15 is 0 Å². The van der Waals surface area contributed by atoms with Crippen molar-refractivity contribution in [3.63, 3.8) is 0 Å². The molecule has 1 aromatic heterocycles. The Hall–Kier alpha value is -3.59. The first-order valence-corrected chi connectivity index (χ1v) is 9.14. The van der Waals surface area contributed by atoms with Gasteiger partial charge in [0.15, 0.2) is 12.4 Å². The van der Waals surface area contributed by atoms with Gasteiger partial charge in [0.25, 0.3) is 11.5 Å². The Morgan fingerprint density at radius 3 is 2.16 bits per heavy atom. The van der Waals surface area contributed by atoms with Gasteiger partial charge in [-0.2, -0.15) is 13.2 Å². The van der Waals surface area contributed by atoms with Crippen molar-refractivity contribution in [1.29, 1.82) is 0 Å². The molecule has 3 rings (SSSR count). The number of carbonyl (C=O) groups is 2. The van der Waals surface area contributed by atoms with E-state index in [1.165, 1.54) is 24.3 Å². The Morgan fingerprint density at radius 1 is 1.00 bits per heavy atom. The van der Waals surface area contributed by atoms with E-state index in [0.717, 1.165) is 0 Å². The monoisotopic (exact) mass is 450 g/mol. The van der Waals surface area contributed by atoms with E-state index in [1.54, 1.807) is 24.3 Å². The van der Waals surface area contributed by atoms with Crippen LogP contribution in [0.3, 0.4) is 0 Å². The van der Waals surface area contributed by atoms with Crippen LogP contribution < -0.4 is 15.6 Å².